The molecule has 3 nitrogen and oxygen atoms in total. The highest BCUT2D eigenvalue weighted by Crippen LogP contribution is 2.36. The fourth-order valence-corrected chi connectivity index (χ4v) is 6.37. The van der Waals surface area contributed by atoms with Crippen LogP contribution in [-0.2, 0) is 19.4 Å². The van der Waals surface area contributed by atoms with Gasteiger partial charge in [-0.1, -0.05) is 25.1 Å². The number of benzene rings is 2. The van der Waals surface area contributed by atoms with Gasteiger partial charge in [0.1, 0.15) is 5.82 Å². The van der Waals surface area contributed by atoms with Crippen LogP contribution in [0.4, 0.5) is 10.1 Å². The maximum Gasteiger partial charge on any atom is 0.123 e. The average molecular weight is 474 g/mol. The van der Waals surface area contributed by atoms with Crippen LogP contribution < -0.4 is 4.90 Å². The number of likely N-dealkylation sites (N-methyl/N-ethyl adjacent to an activating group) is 1. The van der Waals surface area contributed by atoms with Gasteiger partial charge in [-0.15, -0.1) is 6.58 Å². The molecule has 0 radical (unpaired) electrons. The fraction of sp³-hybridized carbons (Fsp3) is 0.516. The van der Waals surface area contributed by atoms with Gasteiger partial charge in [0, 0.05) is 36.5 Å². The van der Waals surface area contributed by atoms with Crippen LogP contribution in [0.2, 0.25) is 0 Å². The Kier molecular flexibility index (Phi) is 7.38. The number of nitrogens with zero attached hydrogens (tertiary/aromatic N) is 3. The molecule has 5 rings (SSSR count). The Morgan fingerprint density at radius 3 is 2.77 bits per heavy atom. The molecule has 4 heteroatoms. The van der Waals surface area contributed by atoms with Crippen molar-refractivity contribution in [3.05, 3.63) is 76.6 Å². The Balaban J connectivity index is 1.12. The summed E-state index contributed by atoms with van der Waals surface area (Å²) in [4.78, 5) is 9.86. The maximum atomic E-state index is 13.5. The number of allylic oxidation sites excluding steroid dienone is 1. The first-order valence-electron chi connectivity index (χ1n) is 13.6. The summed E-state index contributed by atoms with van der Waals surface area (Å²) in [6.45, 7) is 11.6. The number of anilines is 1. The van der Waals surface area contributed by atoms with Crippen molar-refractivity contribution in [2.75, 3.05) is 38.1 Å². The number of aryl methyl sites for hydroxylation is 1. The van der Waals surface area contributed by atoms with Crippen LogP contribution in [-0.4, -0.2) is 43.8 Å². The summed E-state index contributed by atoms with van der Waals surface area (Å²) >= 11 is 0. The Morgan fingerprint density at radius 2 is 1.97 bits per heavy atom. The van der Waals surface area contributed by atoms with Crippen molar-refractivity contribution in [3.8, 4) is 0 Å². The highest BCUT2D eigenvalue weighted by Gasteiger charge is 2.28. The van der Waals surface area contributed by atoms with Crippen molar-refractivity contribution < 1.29 is 4.39 Å². The minimum absolute atomic E-state index is 0.149. The first-order valence-corrected chi connectivity index (χ1v) is 13.6. The maximum absolute atomic E-state index is 13.5. The SMILES string of the molecule is C=CCCc1cc(C(C)CCCN2CCC(C3=NCc4cc(F)ccc43)CC2)cc2c1N(C)CC2. The van der Waals surface area contributed by atoms with Gasteiger partial charge in [-0.25, -0.2) is 4.39 Å². The molecule has 0 aliphatic carbocycles. The molecule has 1 unspecified atom stereocenters. The molecule has 0 saturated carbocycles. The van der Waals surface area contributed by atoms with Crippen molar-refractivity contribution in [1.82, 2.24) is 4.90 Å². The van der Waals surface area contributed by atoms with Crippen molar-refractivity contribution in [1.29, 1.82) is 0 Å². The van der Waals surface area contributed by atoms with Crippen LogP contribution >= 0.6 is 0 Å². The highest BCUT2D eigenvalue weighted by atomic mass is 19.1. The number of fused-ring (bicyclic) bond motifs is 2. The second-order valence-corrected chi connectivity index (χ2v) is 10.8. The van der Waals surface area contributed by atoms with Gasteiger partial charge in [-0.3, -0.25) is 4.99 Å². The summed E-state index contributed by atoms with van der Waals surface area (Å²) in [6.07, 6.45) is 10.2. The molecular weight excluding hydrogens is 433 g/mol. The molecule has 186 valence electrons. The van der Waals surface area contributed by atoms with Crippen LogP contribution in [0, 0.1) is 11.7 Å². The minimum Gasteiger partial charge on any atom is -0.374 e. The zero-order valence-corrected chi connectivity index (χ0v) is 21.5. The van der Waals surface area contributed by atoms with Gasteiger partial charge >= 0.3 is 0 Å². The molecule has 0 N–H and O–H groups in total. The quantitative estimate of drug-likeness (QED) is 0.385. The molecule has 3 heterocycles. The van der Waals surface area contributed by atoms with Crippen molar-refractivity contribution in [2.45, 2.75) is 64.3 Å². The topological polar surface area (TPSA) is 18.8 Å². The smallest absolute Gasteiger partial charge is 0.123 e. The summed E-state index contributed by atoms with van der Waals surface area (Å²) < 4.78 is 13.5. The Hall–Kier alpha value is -2.46. The lowest BCUT2D eigenvalue weighted by molar-refractivity contribution is 0.205. The standard InChI is InChI=1S/C31H40FN3/c1-4-5-8-24-18-26(19-25-11-15-34(3)31(24)25)22(2)7-6-14-35-16-12-23(13-17-35)30-29-10-9-28(32)20-27(29)21-33-30/h4,9-10,18-20,22-23H,1,5-8,11-17,21H2,2-3H3. The van der Waals surface area contributed by atoms with Gasteiger partial charge in [0.25, 0.3) is 0 Å². The number of aliphatic imine (C=N–C) groups is 1. The number of hydrogen-bond donors (Lipinski definition) is 0. The zero-order valence-electron chi connectivity index (χ0n) is 21.5. The van der Waals surface area contributed by atoms with E-state index >= 15 is 0 Å². The van der Waals surface area contributed by atoms with Gasteiger partial charge in [-0.05, 0) is 111 Å². The number of rotatable bonds is 9. The Morgan fingerprint density at radius 1 is 1.14 bits per heavy atom. The van der Waals surface area contributed by atoms with E-state index in [0.29, 0.717) is 18.4 Å². The van der Waals surface area contributed by atoms with E-state index in [1.54, 1.807) is 12.1 Å². The van der Waals surface area contributed by atoms with E-state index < -0.39 is 0 Å². The van der Waals surface area contributed by atoms with Crippen molar-refractivity contribution >= 4 is 11.4 Å². The summed E-state index contributed by atoms with van der Waals surface area (Å²) in [5, 5.41) is 0. The van der Waals surface area contributed by atoms with Crippen LogP contribution in [0.5, 0.6) is 0 Å². The number of halogens is 1. The lowest BCUT2D eigenvalue weighted by Crippen LogP contribution is -2.37. The highest BCUT2D eigenvalue weighted by molar-refractivity contribution is 6.05. The number of likely N-dealkylation sites (tertiary alicyclic amines) is 1. The second kappa shape index (κ2) is 10.7. The van der Waals surface area contributed by atoms with Gasteiger partial charge in [0.2, 0.25) is 0 Å². The molecule has 0 spiro atoms. The van der Waals surface area contributed by atoms with Gasteiger partial charge < -0.3 is 9.80 Å². The molecule has 2 aromatic carbocycles. The van der Waals surface area contributed by atoms with Gasteiger partial charge in [0.05, 0.1) is 6.54 Å². The number of hydrogen-bond acceptors (Lipinski definition) is 3. The number of piperidine rings is 1. The molecule has 0 amide bonds. The van der Waals surface area contributed by atoms with Gasteiger partial charge in [-0.2, -0.15) is 0 Å². The molecule has 35 heavy (non-hydrogen) atoms. The first-order chi connectivity index (χ1) is 17.0. The zero-order chi connectivity index (χ0) is 24.4. The third-order valence-electron chi connectivity index (χ3n) is 8.42. The fourth-order valence-electron chi connectivity index (χ4n) is 6.37. The summed E-state index contributed by atoms with van der Waals surface area (Å²) in [7, 11) is 2.23. The van der Waals surface area contributed by atoms with Crippen molar-refractivity contribution in [3.63, 3.8) is 0 Å². The van der Waals surface area contributed by atoms with Gasteiger partial charge in [0.15, 0.2) is 0 Å². The van der Waals surface area contributed by atoms with E-state index in [9.17, 15) is 4.39 Å². The molecule has 0 aromatic heterocycles. The predicted molar refractivity (Wildman–Crippen MR) is 145 cm³/mol. The largest absolute Gasteiger partial charge is 0.374 e. The molecule has 0 bridgehead atoms. The molecule has 1 saturated heterocycles. The molecule has 1 fully saturated rings. The normalized spacial score (nSPS) is 18.9. The monoisotopic (exact) mass is 473 g/mol. The lowest BCUT2D eigenvalue weighted by Gasteiger charge is -2.32. The molecule has 3 aliphatic rings. The third kappa shape index (κ3) is 5.23. The van der Waals surface area contributed by atoms with E-state index in [2.05, 4.69) is 42.5 Å². The molecule has 2 aromatic rings. The Bertz CT molecular complexity index is 1100. The van der Waals surface area contributed by atoms with E-state index in [1.807, 2.05) is 12.1 Å². The molecular formula is C31H40FN3. The summed E-state index contributed by atoms with van der Waals surface area (Å²) in [5.74, 6) is 0.968. The van der Waals surface area contributed by atoms with E-state index in [4.69, 9.17) is 4.99 Å². The average Bonchev–Trinajstić information content (AvgIpc) is 3.46. The van der Waals surface area contributed by atoms with E-state index in [-0.39, 0.29) is 5.82 Å². The van der Waals surface area contributed by atoms with E-state index in [0.717, 1.165) is 50.9 Å². The lowest BCUT2D eigenvalue weighted by atomic mass is 9.87. The van der Waals surface area contributed by atoms with Crippen LogP contribution in [0.25, 0.3) is 0 Å². The van der Waals surface area contributed by atoms with Crippen LogP contribution in [0.15, 0.2) is 48.0 Å². The predicted octanol–water partition coefficient (Wildman–Crippen LogP) is 6.54. The van der Waals surface area contributed by atoms with Crippen LogP contribution in [0.1, 0.15) is 72.8 Å². The Labute approximate surface area is 210 Å². The van der Waals surface area contributed by atoms with Crippen molar-refractivity contribution in [2.24, 2.45) is 10.9 Å². The second-order valence-electron chi connectivity index (χ2n) is 10.8. The first kappa shape index (κ1) is 24.2. The summed E-state index contributed by atoms with van der Waals surface area (Å²) in [6, 6.07) is 10.1. The molecule has 1 atom stereocenters. The molecule has 3 aliphatic heterocycles. The minimum atomic E-state index is -0.149. The van der Waals surface area contributed by atoms with E-state index in [1.165, 1.54) is 59.5 Å². The third-order valence-corrected chi connectivity index (χ3v) is 8.42. The van der Waals surface area contributed by atoms with Crippen LogP contribution in [0.3, 0.4) is 0 Å². The summed E-state index contributed by atoms with van der Waals surface area (Å²) in [5.41, 5.74) is 9.51.